The third-order valence-electron chi connectivity index (χ3n) is 15.2. The zero-order valence-corrected chi connectivity index (χ0v) is 41.4. The predicted octanol–water partition coefficient (Wildman–Crippen LogP) is 15.3. The Morgan fingerprint density at radius 3 is 1.01 bits per heavy atom. The molecule has 0 unspecified atom stereocenters. The van der Waals surface area contributed by atoms with E-state index in [9.17, 15) is 5.26 Å². The molecule has 0 radical (unpaired) electrons. The van der Waals surface area contributed by atoms with Crippen LogP contribution in [0.2, 0.25) is 0 Å². The van der Waals surface area contributed by atoms with E-state index in [4.69, 9.17) is 29.9 Å². The average Bonchev–Trinajstić information content (AvgIpc) is 4.30. The first-order valence-corrected chi connectivity index (χ1v) is 25.8. The first kappa shape index (κ1) is 43.3. The Labute approximate surface area is 444 Å². The van der Waals surface area contributed by atoms with Crippen molar-refractivity contribution in [3.63, 3.8) is 0 Å². The van der Waals surface area contributed by atoms with Crippen LogP contribution >= 0.6 is 0 Å². The Kier molecular flexibility index (Phi) is 9.43. The minimum atomic E-state index is 0.395. The first-order valence-electron chi connectivity index (χ1n) is 25.8. The van der Waals surface area contributed by atoms with Crippen LogP contribution in [0.25, 0.3) is 144 Å². The minimum Gasteiger partial charge on any atom is -0.305 e. The highest BCUT2D eigenvalue weighted by Crippen LogP contribution is 2.51. The SMILES string of the molecule is N#Cc1c(-n2c3ccccc3c3ncccc32)c(-n2c3ccccc3c3ncccc32)c(-c2cc(-c3ccccc3)nc(-c3ccccc3)n2)c(-n2c3ccccc3c3ncccc32)c1-n1c2ccccc2c2ncccc21. The highest BCUT2D eigenvalue weighted by molar-refractivity contribution is 6.15. The quantitative estimate of drug-likeness (QED) is 0.156. The molecule has 9 heterocycles. The molecular formula is C67H39N11. The van der Waals surface area contributed by atoms with Crippen LogP contribution in [-0.2, 0) is 0 Å². The van der Waals surface area contributed by atoms with Crippen molar-refractivity contribution in [2.45, 2.75) is 0 Å². The van der Waals surface area contributed by atoms with Gasteiger partial charge in [0.25, 0.3) is 0 Å². The fraction of sp³-hybridized carbons (Fsp3) is 0. The summed E-state index contributed by atoms with van der Waals surface area (Å²) in [5.74, 6) is 0.534. The van der Waals surface area contributed by atoms with E-state index in [0.29, 0.717) is 39.8 Å². The van der Waals surface area contributed by atoms with Gasteiger partial charge in [0.2, 0.25) is 0 Å². The normalized spacial score (nSPS) is 11.8. The summed E-state index contributed by atoms with van der Waals surface area (Å²) in [6.45, 7) is 0. The van der Waals surface area contributed by atoms with Gasteiger partial charge in [0, 0.05) is 57.5 Å². The number of para-hydroxylation sites is 4. The van der Waals surface area contributed by atoms with Gasteiger partial charge >= 0.3 is 0 Å². The Morgan fingerprint density at radius 2 is 0.628 bits per heavy atom. The Bertz CT molecular complexity index is 4650. The average molecular weight is 998 g/mol. The molecule has 0 aliphatic heterocycles. The number of pyridine rings is 4. The number of aromatic nitrogens is 10. The van der Waals surface area contributed by atoms with Crippen LogP contribution in [0.3, 0.4) is 0 Å². The lowest BCUT2D eigenvalue weighted by Crippen LogP contribution is -2.17. The number of hydrogen-bond donors (Lipinski definition) is 0. The lowest BCUT2D eigenvalue weighted by atomic mass is 9.95. The molecule has 0 N–H and O–H groups in total. The second-order valence-electron chi connectivity index (χ2n) is 19.3. The van der Waals surface area contributed by atoms with Gasteiger partial charge in [-0.25, -0.2) is 9.97 Å². The summed E-state index contributed by atoms with van der Waals surface area (Å²) in [7, 11) is 0. The van der Waals surface area contributed by atoms with Gasteiger partial charge in [-0.2, -0.15) is 5.26 Å². The van der Waals surface area contributed by atoms with Crippen molar-refractivity contribution in [2.24, 2.45) is 0 Å². The first-order chi connectivity index (χ1) is 38.7. The van der Waals surface area contributed by atoms with Gasteiger partial charge in [-0.05, 0) is 78.9 Å². The van der Waals surface area contributed by atoms with Crippen LogP contribution in [-0.4, -0.2) is 48.2 Å². The molecule has 0 saturated heterocycles. The molecule has 0 bridgehead atoms. The van der Waals surface area contributed by atoms with E-state index in [-0.39, 0.29) is 0 Å². The van der Waals surface area contributed by atoms with E-state index in [0.717, 1.165) is 110 Å². The third kappa shape index (κ3) is 6.19. The largest absolute Gasteiger partial charge is 0.305 e. The second kappa shape index (κ2) is 17.0. The summed E-state index contributed by atoms with van der Waals surface area (Å²) < 4.78 is 9.10. The summed E-state index contributed by atoms with van der Waals surface area (Å²) in [5.41, 5.74) is 16.9. The standard InChI is InChI=1S/C67H39N11/c68-40-47-63(75-50-27-11-7-23-43(50)59-54(75)31-15-35-69-59)65(77-52-29-13-9-25-45(52)61-56(77)33-17-37-71-61)58(49-39-48(41-19-3-1-4-20-41)73-67(74-49)42-21-5-2-6-22-42)66(78-53-30-14-10-26-46(53)62-57(78)34-18-38-72-62)64(47)76-51-28-12-8-24-44(51)60-55(76)32-16-36-70-60/h1-39H. The molecule has 362 valence electrons. The van der Waals surface area contributed by atoms with Crippen molar-refractivity contribution in [3.05, 3.63) is 243 Å². The van der Waals surface area contributed by atoms with Gasteiger partial charge in [0.1, 0.15) is 11.6 Å². The molecule has 11 nitrogen and oxygen atoms in total. The molecule has 0 spiro atoms. The van der Waals surface area contributed by atoms with Gasteiger partial charge in [-0.3, -0.25) is 19.9 Å². The van der Waals surface area contributed by atoms with Gasteiger partial charge in [-0.15, -0.1) is 0 Å². The number of hydrogen-bond acceptors (Lipinski definition) is 7. The summed E-state index contributed by atoms with van der Waals surface area (Å²) in [4.78, 5) is 31.7. The van der Waals surface area contributed by atoms with E-state index < -0.39 is 0 Å². The maximum absolute atomic E-state index is 12.9. The Hall–Kier alpha value is -11.1. The van der Waals surface area contributed by atoms with E-state index in [1.54, 1.807) is 0 Å². The topological polar surface area (TPSA) is 121 Å². The molecule has 0 atom stereocenters. The molecule has 9 aromatic heterocycles. The summed E-state index contributed by atoms with van der Waals surface area (Å²) in [5, 5.41) is 16.6. The molecule has 16 rings (SSSR count). The molecule has 16 aromatic rings. The minimum absolute atomic E-state index is 0.395. The van der Waals surface area contributed by atoms with Gasteiger partial charge in [-0.1, -0.05) is 133 Å². The van der Waals surface area contributed by atoms with Crippen molar-refractivity contribution in [3.8, 4) is 62.7 Å². The summed E-state index contributed by atoms with van der Waals surface area (Å²) in [6.07, 6.45) is 7.36. The second-order valence-corrected chi connectivity index (χ2v) is 19.3. The summed E-state index contributed by atoms with van der Waals surface area (Å²) >= 11 is 0. The maximum Gasteiger partial charge on any atom is 0.160 e. The van der Waals surface area contributed by atoms with Crippen molar-refractivity contribution >= 4 is 87.7 Å². The van der Waals surface area contributed by atoms with E-state index >= 15 is 0 Å². The van der Waals surface area contributed by atoms with Gasteiger partial charge in [0.15, 0.2) is 5.82 Å². The molecule has 11 heteroatoms. The highest BCUT2D eigenvalue weighted by Gasteiger charge is 2.36. The number of nitrogens with zero attached hydrogens (tertiary/aromatic N) is 11. The van der Waals surface area contributed by atoms with Crippen LogP contribution in [0.5, 0.6) is 0 Å². The van der Waals surface area contributed by atoms with Crippen LogP contribution in [0.15, 0.2) is 237 Å². The molecule has 78 heavy (non-hydrogen) atoms. The van der Waals surface area contributed by atoms with Crippen molar-refractivity contribution in [1.29, 1.82) is 5.26 Å². The maximum atomic E-state index is 12.9. The van der Waals surface area contributed by atoms with Crippen LogP contribution < -0.4 is 0 Å². The van der Waals surface area contributed by atoms with E-state index in [2.05, 4.69) is 164 Å². The van der Waals surface area contributed by atoms with Crippen LogP contribution in [0.4, 0.5) is 0 Å². The fourth-order valence-electron chi connectivity index (χ4n) is 12.1. The highest BCUT2D eigenvalue weighted by atomic mass is 15.1. The molecule has 0 aliphatic rings. The third-order valence-corrected chi connectivity index (χ3v) is 15.2. The Morgan fingerprint density at radius 1 is 0.308 bits per heavy atom. The molecule has 0 aliphatic carbocycles. The van der Waals surface area contributed by atoms with Crippen LogP contribution in [0, 0.1) is 11.3 Å². The zero-order chi connectivity index (χ0) is 51.4. The summed E-state index contributed by atoms with van der Waals surface area (Å²) in [6, 6.07) is 75.3. The number of fused-ring (bicyclic) bond motifs is 12. The number of nitriles is 1. The monoisotopic (exact) mass is 997 g/mol. The zero-order valence-electron chi connectivity index (χ0n) is 41.4. The van der Waals surface area contributed by atoms with Crippen molar-refractivity contribution in [2.75, 3.05) is 0 Å². The Balaban J connectivity index is 1.27. The molecule has 0 amide bonds. The number of rotatable bonds is 7. The van der Waals surface area contributed by atoms with Crippen molar-refractivity contribution < 1.29 is 0 Å². The molecule has 7 aromatic carbocycles. The van der Waals surface area contributed by atoms with Gasteiger partial charge < -0.3 is 18.3 Å². The molecule has 0 fully saturated rings. The lowest BCUT2D eigenvalue weighted by Gasteiger charge is -2.29. The van der Waals surface area contributed by atoms with E-state index in [1.165, 1.54) is 0 Å². The van der Waals surface area contributed by atoms with E-state index in [1.807, 2.05) is 97.6 Å². The molecule has 0 saturated carbocycles. The smallest absolute Gasteiger partial charge is 0.160 e. The van der Waals surface area contributed by atoms with Gasteiger partial charge in [0.05, 0.1) is 106 Å². The number of benzene rings is 7. The fourth-order valence-corrected chi connectivity index (χ4v) is 12.1. The molecular weight excluding hydrogens is 959 g/mol. The lowest BCUT2D eigenvalue weighted by molar-refractivity contribution is 1.03. The van der Waals surface area contributed by atoms with Crippen LogP contribution in [0.1, 0.15) is 5.56 Å². The van der Waals surface area contributed by atoms with Crippen molar-refractivity contribution in [1.82, 2.24) is 48.2 Å². The predicted molar refractivity (Wildman–Crippen MR) is 312 cm³/mol.